The summed E-state index contributed by atoms with van der Waals surface area (Å²) in [6.45, 7) is 16.6. The van der Waals surface area contributed by atoms with Gasteiger partial charge in [-0.2, -0.15) is 0 Å². The molecule has 4 N–H and O–H groups in total. The van der Waals surface area contributed by atoms with Crippen LogP contribution in [0, 0.1) is 0 Å². The lowest BCUT2D eigenvalue weighted by atomic mass is 10.0. The molecule has 0 spiro atoms. The lowest BCUT2D eigenvalue weighted by molar-refractivity contribution is 0.241. The molecule has 0 aliphatic heterocycles. The lowest BCUT2D eigenvalue weighted by Crippen LogP contribution is -2.37. The van der Waals surface area contributed by atoms with Crippen molar-refractivity contribution in [1.29, 1.82) is 0 Å². The van der Waals surface area contributed by atoms with Crippen LogP contribution in [0.1, 0.15) is 167 Å². The van der Waals surface area contributed by atoms with Crippen molar-refractivity contribution in [3.05, 3.63) is 59.7 Å². The second kappa shape index (κ2) is 33.1. The number of carbonyl (C=O) groups is 2. The Hall–Kier alpha value is -3.10. The highest BCUT2D eigenvalue weighted by atomic mass is 16.2. The van der Waals surface area contributed by atoms with Gasteiger partial charge >= 0.3 is 12.1 Å². The molecule has 0 aliphatic carbocycles. The number of urea groups is 2. The molecule has 2 rings (SSSR count). The zero-order valence-electron chi connectivity index (χ0n) is 35.8. The minimum atomic E-state index is -0.154. The van der Waals surface area contributed by atoms with Crippen molar-refractivity contribution >= 4 is 23.4 Å². The predicted octanol–water partition coefficient (Wildman–Crippen LogP) is 12.0. The standard InChI is InChI=1S/C47H82N6O2/c1-5-9-13-17-19-23-37-52(35-21-15-11-7-3)39-33-48-46(54)50-44-29-25-42(26-30-44)41-43-27-31-45(32-28-43)51-47(55)49-34-40-53(36-22-16-12-8-4)38-24-20-18-14-10-6-2/h25-32H,5-24,33-41H2,1-4H3,(H2,48,50,54)(H2,49,51,55). The summed E-state index contributed by atoms with van der Waals surface area (Å²) in [7, 11) is 0. The van der Waals surface area contributed by atoms with E-state index in [2.05, 4.69) is 83.0 Å². The van der Waals surface area contributed by atoms with E-state index in [1.807, 2.05) is 24.3 Å². The van der Waals surface area contributed by atoms with Crippen LogP contribution in [0.2, 0.25) is 0 Å². The van der Waals surface area contributed by atoms with Crippen LogP contribution in [0.5, 0.6) is 0 Å². The largest absolute Gasteiger partial charge is 0.337 e. The van der Waals surface area contributed by atoms with Gasteiger partial charge in [0.25, 0.3) is 0 Å². The number of unbranched alkanes of at least 4 members (excludes halogenated alkanes) is 16. The zero-order valence-corrected chi connectivity index (χ0v) is 35.8. The summed E-state index contributed by atoms with van der Waals surface area (Å²) in [6, 6.07) is 15.8. The highest BCUT2D eigenvalue weighted by molar-refractivity contribution is 5.89. The molecule has 0 fully saturated rings. The molecule has 4 amide bonds. The van der Waals surface area contributed by atoms with Crippen LogP contribution in [-0.4, -0.2) is 74.2 Å². The molecule has 0 atom stereocenters. The number of benzene rings is 2. The fourth-order valence-electron chi connectivity index (χ4n) is 7.08. The van der Waals surface area contributed by atoms with E-state index in [1.54, 1.807) is 0 Å². The maximum Gasteiger partial charge on any atom is 0.319 e. The summed E-state index contributed by atoms with van der Waals surface area (Å²) in [5, 5.41) is 12.1. The topological polar surface area (TPSA) is 88.7 Å². The van der Waals surface area contributed by atoms with Crippen molar-refractivity contribution in [1.82, 2.24) is 20.4 Å². The van der Waals surface area contributed by atoms with E-state index in [4.69, 9.17) is 0 Å². The van der Waals surface area contributed by atoms with Gasteiger partial charge in [0.05, 0.1) is 0 Å². The van der Waals surface area contributed by atoms with Gasteiger partial charge < -0.3 is 31.1 Å². The Morgan fingerprint density at radius 2 is 0.691 bits per heavy atom. The third kappa shape index (κ3) is 25.6. The molecule has 312 valence electrons. The van der Waals surface area contributed by atoms with Crippen molar-refractivity contribution < 1.29 is 9.59 Å². The molecule has 55 heavy (non-hydrogen) atoms. The number of amides is 4. The Balaban J connectivity index is 1.71. The van der Waals surface area contributed by atoms with Crippen LogP contribution in [0.4, 0.5) is 21.0 Å². The van der Waals surface area contributed by atoms with Crippen molar-refractivity contribution in [3.8, 4) is 0 Å². The minimum absolute atomic E-state index is 0.154. The number of hydrogen-bond donors (Lipinski definition) is 4. The Kier molecular flexibility index (Phi) is 28.9. The van der Waals surface area contributed by atoms with Crippen molar-refractivity contribution in [2.24, 2.45) is 0 Å². The summed E-state index contributed by atoms with van der Waals surface area (Å²) in [6.07, 6.45) is 26.6. The Bertz CT molecular complexity index is 1110. The molecule has 8 heteroatoms. The van der Waals surface area contributed by atoms with E-state index >= 15 is 0 Å². The van der Waals surface area contributed by atoms with Crippen LogP contribution in [0.25, 0.3) is 0 Å². The summed E-state index contributed by atoms with van der Waals surface area (Å²) in [5.74, 6) is 0. The van der Waals surface area contributed by atoms with Gasteiger partial charge in [0.15, 0.2) is 0 Å². The molecule has 0 aromatic heterocycles. The SMILES string of the molecule is CCCCCCCCN(CCCCCC)CCNC(=O)Nc1ccc(Cc2ccc(NC(=O)NCCN(CCCCCC)CCCCCCCC)cc2)cc1. The third-order valence-corrected chi connectivity index (χ3v) is 10.6. The van der Waals surface area contributed by atoms with Gasteiger partial charge in [-0.1, -0.05) is 155 Å². The smallest absolute Gasteiger partial charge is 0.319 e. The number of carbonyl (C=O) groups excluding carboxylic acids is 2. The highest BCUT2D eigenvalue weighted by Crippen LogP contribution is 2.16. The van der Waals surface area contributed by atoms with Crippen LogP contribution in [0.3, 0.4) is 0 Å². The van der Waals surface area contributed by atoms with E-state index in [0.717, 1.165) is 68.2 Å². The molecular formula is C47H82N6O2. The molecule has 8 nitrogen and oxygen atoms in total. The van der Waals surface area contributed by atoms with Gasteiger partial charge in [0, 0.05) is 37.6 Å². The molecular weight excluding hydrogens is 681 g/mol. The molecule has 0 radical (unpaired) electrons. The first-order valence-corrected chi connectivity index (χ1v) is 22.7. The quantitative estimate of drug-likeness (QED) is 0.0535. The maximum absolute atomic E-state index is 12.7. The first-order chi connectivity index (χ1) is 27.0. The number of rotatable bonds is 34. The van der Waals surface area contributed by atoms with Crippen molar-refractivity contribution in [2.75, 3.05) is 63.0 Å². The van der Waals surface area contributed by atoms with Gasteiger partial charge in [-0.3, -0.25) is 0 Å². The summed E-state index contributed by atoms with van der Waals surface area (Å²) < 4.78 is 0. The summed E-state index contributed by atoms with van der Waals surface area (Å²) in [4.78, 5) is 30.4. The molecule has 0 unspecified atom stereocenters. The van der Waals surface area contributed by atoms with E-state index in [9.17, 15) is 9.59 Å². The first-order valence-electron chi connectivity index (χ1n) is 22.7. The average molecular weight is 763 g/mol. The van der Waals surface area contributed by atoms with Crippen LogP contribution < -0.4 is 21.3 Å². The molecule has 2 aromatic rings. The normalized spacial score (nSPS) is 11.3. The Morgan fingerprint density at radius 1 is 0.400 bits per heavy atom. The van der Waals surface area contributed by atoms with E-state index in [-0.39, 0.29) is 12.1 Å². The van der Waals surface area contributed by atoms with Gasteiger partial charge in [-0.15, -0.1) is 0 Å². The third-order valence-electron chi connectivity index (χ3n) is 10.6. The number of hydrogen-bond acceptors (Lipinski definition) is 4. The second-order valence-corrected chi connectivity index (χ2v) is 15.7. The van der Waals surface area contributed by atoms with Crippen molar-refractivity contribution in [2.45, 2.75) is 163 Å². The maximum atomic E-state index is 12.7. The fourth-order valence-corrected chi connectivity index (χ4v) is 7.08. The van der Waals surface area contributed by atoms with Gasteiger partial charge in [-0.25, -0.2) is 9.59 Å². The molecule has 0 aliphatic rings. The Labute approximate surface area is 337 Å². The molecule has 0 saturated heterocycles. The van der Waals surface area contributed by atoms with Crippen LogP contribution >= 0.6 is 0 Å². The minimum Gasteiger partial charge on any atom is -0.337 e. The van der Waals surface area contributed by atoms with E-state index in [0.29, 0.717) is 13.1 Å². The average Bonchev–Trinajstić information content (AvgIpc) is 3.18. The lowest BCUT2D eigenvalue weighted by Gasteiger charge is -2.22. The van der Waals surface area contributed by atoms with E-state index < -0.39 is 0 Å². The Morgan fingerprint density at radius 3 is 1.02 bits per heavy atom. The van der Waals surface area contributed by atoms with Crippen molar-refractivity contribution in [3.63, 3.8) is 0 Å². The number of nitrogens with one attached hydrogen (secondary N) is 4. The first kappa shape index (κ1) is 48.0. The fraction of sp³-hybridized carbons (Fsp3) is 0.702. The molecule has 0 heterocycles. The monoisotopic (exact) mass is 763 g/mol. The second-order valence-electron chi connectivity index (χ2n) is 15.7. The number of anilines is 2. The van der Waals surface area contributed by atoms with Gasteiger partial charge in [0.1, 0.15) is 0 Å². The highest BCUT2D eigenvalue weighted by Gasteiger charge is 2.09. The van der Waals surface area contributed by atoms with Gasteiger partial charge in [-0.05, 0) is 93.7 Å². The zero-order chi connectivity index (χ0) is 39.6. The number of nitrogens with zero attached hydrogens (tertiary/aromatic N) is 2. The van der Waals surface area contributed by atoms with Crippen LogP contribution in [-0.2, 0) is 6.42 Å². The molecule has 0 bridgehead atoms. The molecule has 0 saturated carbocycles. The molecule has 2 aromatic carbocycles. The predicted molar refractivity (Wildman–Crippen MR) is 238 cm³/mol. The summed E-state index contributed by atoms with van der Waals surface area (Å²) in [5.41, 5.74) is 3.91. The summed E-state index contributed by atoms with van der Waals surface area (Å²) >= 11 is 0. The van der Waals surface area contributed by atoms with E-state index in [1.165, 1.54) is 128 Å². The van der Waals surface area contributed by atoms with Gasteiger partial charge in [0.2, 0.25) is 0 Å². The van der Waals surface area contributed by atoms with Crippen LogP contribution in [0.15, 0.2) is 48.5 Å².